The second-order valence-corrected chi connectivity index (χ2v) is 8.40. The van der Waals surface area contributed by atoms with E-state index >= 15 is 0 Å². The van der Waals surface area contributed by atoms with Gasteiger partial charge in [0, 0.05) is 17.2 Å². The highest BCUT2D eigenvalue weighted by molar-refractivity contribution is 7.80. The SMILES string of the molecule is O=C(NNC(=S)NC(=O)C(c1ccccc1)c1ccccc1)c1ccc(NC(=O)C2CC2)cc1. The molecule has 3 amide bonds. The lowest BCUT2D eigenvalue weighted by Gasteiger charge is -2.19. The molecule has 0 bridgehead atoms. The predicted octanol–water partition coefficient (Wildman–Crippen LogP) is 3.50. The minimum absolute atomic E-state index is 0.00395. The molecular formula is C26H24N4O3S. The maximum Gasteiger partial charge on any atom is 0.269 e. The molecule has 3 aromatic rings. The third-order valence-electron chi connectivity index (χ3n) is 5.42. The summed E-state index contributed by atoms with van der Waals surface area (Å²) < 4.78 is 0. The van der Waals surface area contributed by atoms with Crippen molar-refractivity contribution in [1.82, 2.24) is 16.2 Å². The number of rotatable bonds is 6. The van der Waals surface area contributed by atoms with E-state index in [-0.39, 0.29) is 22.8 Å². The quantitative estimate of drug-likeness (QED) is 0.325. The molecule has 1 aliphatic rings. The Kier molecular flexibility index (Phi) is 7.29. The number of benzene rings is 3. The monoisotopic (exact) mass is 472 g/mol. The number of amides is 3. The van der Waals surface area contributed by atoms with E-state index in [2.05, 4.69) is 21.5 Å². The van der Waals surface area contributed by atoms with Gasteiger partial charge in [0.15, 0.2) is 5.11 Å². The highest BCUT2D eigenvalue weighted by Gasteiger charge is 2.29. The molecule has 0 aromatic heterocycles. The van der Waals surface area contributed by atoms with Crippen LogP contribution in [-0.2, 0) is 9.59 Å². The predicted molar refractivity (Wildman–Crippen MR) is 134 cm³/mol. The number of hydrazine groups is 1. The fourth-order valence-electron chi connectivity index (χ4n) is 3.48. The Hall–Kier alpha value is -4.04. The highest BCUT2D eigenvalue weighted by Crippen LogP contribution is 2.30. The zero-order valence-electron chi connectivity index (χ0n) is 18.3. The van der Waals surface area contributed by atoms with Gasteiger partial charge in [-0.05, 0) is 60.5 Å². The normalized spacial score (nSPS) is 12.5. The van der Waals surface area contributed by atoms with Crippen molar-refractivity contribution >= 4 is 40.7 Å². The van der Waals surface area contributed by atoms with Crippen molar-refractivity contribution in [3.05, 3.63) is 102 Å². The van der Waals surface area contributed by atoms with Gasteiger partial charge in [-0.15, -0.1) is 0 Å². The Morgan fingerprint density at radius 1 is 0.765 bits per heavy atom. The van der Waals surface area contributed by atoms with Crippen LogP contribution in [0.1, 0.15) is 40.2 Å². The second-order valence-electron chi connectivity index (χ2n) is 7.99. The molecule has 4 N–H and O–H groups in total. The summed E-state index contributed by atoms with van der Waals surface area (Å²) in [7, 11) is 0. The smallest absolute Gasteiger partial charge is 0.269 e. The summed E-state index contributed by atoms with van der Waals surface area (Å²) in [4.78, 5) is 37.3. The van der Waals surface area contributed by atoms with Crippen LogP contribution in [0.2, 0.25) is 0 Å². The van der Waals surface area contributed by atoms with Crippen LogP contribution in [0.15, 0.2) is 84.9 Å². The van der Waals surface area contributed by atoms with Crippen molar-refractivity contribution in [2.75, 3.05) is 5.32 Å². The van der Waals surface area contributed by atoms with Gasteiger partial charge in [-0.1, -0.05) is 60.7 Å². The zero-order chi connectivity index (χ0) is 23.9. The van der Waals surface area contributed by atoms with E-state index in [0.717, 1.165) is 24.0 Å². The van der Waals surface area contributed by atoms with Crippen LogP contribution in [0, 0.1) is 5.92 Å². The molecule has 0 aliphatic heterocycles. The van der Waals surface area contributed by atoms with Crippen molar-refractivity contribution in [1.29, 1.82) is 0 Å². The first-order chi connectivity index (χ1) is 16.5. The summed E-state index contributed by atoms with van der Waals surface area (Å²) in [6.07, 6.45) is 1.85. The number of hydrogen-bond acceptors (Lipinski definition) is 4. The molecule has 1 fully saturated rings. The summed E-state index contributed by atoms with van der Waals surface area (Å²) in [6, 6.07) is 25.3. The van der Waals surface area contributed by atoms with Crippen molar-refractivity contribution in [3.8, 4) is 0 Å². The molecule has 0 saturated heterocycles. The van der Waals surface area contributed by atoms with Gasteiger partial charge in [-0.3, -0.25) is 25.2 Å². The summed E-state index contributed by atoms with van der Waals surface area (Å²) in [5, 5.41) is 5.45. The van der Waals surface area contributed by atoms with Crippen LogP contribution in [-0.4, -0.2) is 22.8 Å². The third kappa shape index (κ3) is 6.05. The molecule has 0 unspecified atom stereocenters. The second kappa shape index (κ2) is 10.7. The van der Waals surface area contributed by atoms with E-state index in [1.165, 1.54) is 0 Å². The summed E-state index contributed by atoms with van der Waals surface area (Å²) in [5.41, 5.74) is 7.71. The average molecular weight is 473 g/mol. The molecule has 0 atom stereocenters. The number of nitrogens with one attached hydrogen (secondary N) is 4. The Morgan fingerprint density at radius 3 is 1.85 bits per heavy atom. The van der Waals surface area contributed by atoms with Crippen molar-refractivity contribution in [2.24, 2.45) is 5.92 Å². The van der Waals surface area contributed by atoms with Crippen molar-refractivity contribution < 1.29 is 14.4 Å². The van der Waals surface area contributed by atoms with Gasteiger partial charge in [0.25, 0.3) is 5.91 Å². The van der Waals surface area contributed by atoms with Crippen molar-refractivity contribution in [3.63, 3.8) is 0 Å². The summed E-state index contributed by atoms with van der Waals surface area (Å²) >= 11 is 5.21. The van der Waals surface area contributed by atoms with Gasteiger partial charge < -0.3 is 10.6 Å². The van der Waals surface area contributed by atoms with Gasteiger partial charge in [0.05, 0.1) is 5.92 Å². The van der Waals surface area contributed by atoms with Gasteiger partial charge in [-0.2, -0.15) is 0 Å². The molecule has 3 aromatic carbocycles. The molecule has 1 aliphatic carbocycles. The molecule has 0 spiro atoms. The molecule has 4 rings (SSSR count). The van der Waals surface area contributed by atoms with Gasteiger partial charge >= 0.3 is 0 Å². The fourth-order valence-corrected chi connectivity index (χ4v) is 3.63. The van der Waals surface area contributed by atoms with Gasteiger partial charge in [0.2, 0.25) is 11.8 Å². The van der Waals surface area contributed by atoms with Crippen LogP contribution in [0.3, 0.4) is 0 Å². The van der Waals surface area contributed by atoms with E-state index in [9.17, 15) is 14.4 Å². The van der Waals surface area contributed by atoms with Crippen LogP contribution < -0.4 is 21.5 Å². The molecule has 0 heterocycles. The third-order valence-corrected chi connectivity index (χ3v) is 5.62. The Morgan fingerprint density at radius 2 is 1.32 bits per heavy atom. The standard InChI is InChI=1S/C26H24N4O3S/c31-23(19-11-12-19)27-21-15-13-20(14-16-21)24(32)29-30-26(34)28-25(33)22(17-7-3-1-4-8-17)18-9-5-2-6-10-18/h1-10,13-16,19,22H,11-12H2,(H,27,31)(H,29,32)(H2,28,30,33,34). The fraction of sp³-hybridized carbons (Fsp3) is 0.154. The number of hydrogen-bond donors (Lipinski definition) is 4. The first kappa shape index (κ1) is 23.1. The lowest BCUT2D eigenvalue weighted by molar-refractivity contribution is -0.120. The molecule has 172 valence electrons. The van der Waals surface area contributed by atoms with E-state index in [1.807, 2.05) is 60.7 Å². The summed E-state index contributed by atoms with van der Waals surface area (Å²) in [5.74, 6) is -1.20. The Balaban J connectivity index is 1.33. The number of carbonyl (C=O) groups is 3. The van der Waals surface area contributed by atoms with Crippen LogP contribution in [0.5, 0.6) is 0 Å². The average Bonchev–Trinajstić information content (AvgIpc) is 3.70. The maximum atomic E-state index is 13.1. The first-order valence-corrected chi connectivity index (χ1v) is 11.3. The van der Waals surface area contributed by atoms with E-state index in [0.29, 0.717) is 11.3 Å². The first-order valence-electron chi connectivity index (χ1n) is 10.9. The van der Waals surface area contributed by atoms with E-state index in [1.54, 1.807) is 24.3 Å². The molecule has 0 radical (unpaired) electrons. The molecule has 8 heteroatoms. The van der Waals surface area contributed by atoms with Gasteiger partial charge in [-0.25, -0.2) is 0 Å². The minimum Gasteiger partial charge on any atom is -0.326 e. The summed E-state index contributed by atoms with van der Waals surface area (Å²) in [6.45, 7) is 0. The van der Waals surface area contributed by atoms with Crippen LogP contribution in [0.25, 0.3) is 0 Å². The van der Waals surface area contributed by atoms with E-state index < -0.39 is 11.8 Å². The Bertz CT molecular complexity index is 1140. The van der Waals surface area contributed by atoms with Crippen molar-refractivity contribution in [2.45, 2.75) is 18.8 Å². The lowest BCUT2D eigenvalue weighted by Crippen LogP contribution is -2.49. The highest BCUT2D eigenvalue weighted by atomic mass is 32.1. The molecule has 7 nitrogen and oxygen atoms in total. The van der Waals surface area contributed by atoms with E-state index in [4.69, 9.17) is 12.2 Å². The molecular weight excluding hydrogens is 448 g/mol. The topological polar surface area (TPSA) is 99.3 Å². The Labute approximate surface area is 202 Å². The number of anilines is 1. The lowest BCUT2D eigenvalue weighted by atomic mass is 9.90. The maximum absolute atomic E-state index is 13.1. The molecule has 1 saturated carbocycles. The minimum atomic E-state index is -0.559. The zero-order valence-corrected chi connectivity index (χ0v) is 19.1. The number of carbonyl (C=O) groups excluding carboxylic acids is 3. The number of thiocarbonyl (C=S) groups is 1. The van der Waals surface area contributed by atoms with Crippen LogP contribution in [0.4, 0.5) is 5.69 Å². The molecule has 34 heavy (non-hydrogen) atoms. The van der Waals surface area contributed by atoms with Crippen LogP contribution >= 0.6 is 12.2 Å². The van der Waals surface area contributed by atoms with Gasteiger partial charge in [0.1, 0.15) is 0 Å². The largest absolute Gasteiger partial charge is 0.326 e.